The average Bonchev–Trinajstić information content (AvgIpc) is 2.93. The number of nitrogens with zero attached hydrogens (tertiary/aromatic N) is 4. The van der Waals surface area contributed by atoms with Gasteiger partial charge in [0, 0.05) is 23.6 Å². The van der Waals surface area contributed by atoms with Gasteiger partial charge in [-0.3, -0.25) is 9.40 Å². The summed E-state index contributed by atoms with van der Waals surface area (Å²) in [5, 5.41) is 4.03. The van der Waals surface area contributed by atoms with Crippen molar-refractivity contribution in [1.82, 2.24) is 19.7 Å². The largest absolute Gasteiger partial charge is 0.276 e. The Labute approximate surface area is 142 Å². The highest BCUT2D eigenvalue weighted by molar-refractivity contribution is 7.92. The Morgan fingerprint density at radius 2 is 1.96 bits per heavy atom. The number of hydrogen-bond donors (Lipinski definition) is 1. The Bertz CT molecular complexity index is 942. The number of hydrogen-bond acceptors (Lipinski definition) is 5. The van der Waals surface area contributed by atoms with Crippen LogP contribution in [0.4, 0.5) is 10.1 Å². The van der Waals surface area contributed by atoms with E-state index in [9.17, 15) is 12.8 Å². The minimum atomic E-state index is -3.98. The fourth-order valence-electron chi connectivity index (χ4n) is 1.96. The highest BCUT2D eigenvalue weighted by Crippen LogP contribution is 2.20. The molecule has 0 aliphatic carbocycles. The molecule has 1 aromatic carbocycles. The van der Waals surface area contributed by atoms with E-state index in [1.807, 2.05) is 0 Å². The van der Waals surface area contributed by atoms with E-state index in [4.69, 9.17) is 11.6 Å². The predicted octanol–water partition coefficient (Wildman–Crippen LogP) is 2.31. The number of aromatic nitrogens is 4. The summed E-state index contributed by atoms with van der Waals surface area (Å²) >= 11 is 5.69. The number of halogens is 2. The van der Waals surface area contributed by atoms with Gasteiger partial charge in [-0.2, -0.15) is 5.10 Å². The van der Waals surface area contributed by atoms with Crippen LogP contribution in [0.3, 0.4) is 0 Å². The fourth-order valence-corrected chi connectivity index (χ4v) is 3.33. The van der Waals surface area contributed by atoms with Crippen molar-refractivity contribution < 1.29 is 12.8 Å². The fraction of sp³-hybridized carbons (Fsp3) is 0.0714. The molecule has 0 aliphatic heterocycles. The van der Waals surface area contributed by atoms with Crippen LogP contribution in [-0.4, -0.2) is 28.2 Å². The van der Waals surface area contributed by atoms with Crippen LogP contribution in [0, 0.1) is 5.82 Å². The summed E-state index contributed by atoms with van der Waals surface area (Å²) in [4.78, 5) is 7.84. The Balaban J connectivity index is 1.78. The maximum atomic E-state index is 13.3. The second-order valence-electron chi connectivity index (χ2n) is 4.80. The maximum absolute atomic E-state index is 13.3. The maximum Gasteiger partial charge on any atom is 0.262 e. The van der Waals surface area contributed by atoms with Crippen LogP contribution in [0.5, 0.6) is 0 Å². The Morgan fingerprint density at radius 1 is 1.21 bits per heavy atom. The van der Waals surface area contributed by atoms with Gasteiger partial charge in [0.25, 0.3) is 10.0 Å². The first-order chi connectivity index (χ1) is 11.4. The molecule has 2 heterocycles. The minimum Gasteiger partial charge on any atom is -0.276 e. The van der Waals surface area contributed by atoms with Crippen molar-refractivity contribution in [3.63, 3.8) is 0 Å². The molecule has 10 heteroatoms. The van der Waals surface area contributed by atoms with Crippen LogP contribution >= 0.6 is 11.6 Å². The average molecular weight is 368 g/mol. The van der Waals surface area contributed by atoms with Gasteiger partial charge < -0.3 is 0 Å². The van der Waals surface area contributed by atoms with Crippen molar-refractivity contribution in [3.8, 4) is 0 Å². The van der Waals surface area contributed by atoms with Crippen molar-refractivity contribution in [3.05, 3.63) is 65.7 Å². The van der Waals surface area contributed by atoms with E-state index < -0.39 is 15.8 Å². The van der Waals surface area contributed by atoms with Crippen molar-refractivity contribution in [2.75, 3.05) is 4.72 Å². The quantitative estimate of drug-likeness (QED) is 0.747. The molecule has 124 valence electrons. The summed E-state index contributed by atoms with van der Waals surface area (Å²) in [6.07, 6.45) is 6.02. The molecule has 3 rings (SSSR count). The molecule has 0 saturated carbocycles. The third-order valence-electron chi connectivity index (χ3n) is 2.95. The highest BCUT2D eigenvalue weighted by atomic mass is 35.5. The monoisotopic (exact) mass is 367 g/mol. The van der Waals surface area contributed by atoms with Crippen LogP contribution in [-0.2, 0) is 16.6 Å². The minimum absolute atomic E-state index is 0.00713. The lowest BCUT2D eigenvalue weighted by molar-refractivity contribution is 0.595. The molecule has 0 amide bonds. The number of benzene rings is 1. The third-order valence-corrected chi connectivity index (χ3v) is 4.53. The molecule has 0 unspecified atom stereocenters. The van der Waals surface area contributed by atoms with E-state index in [0.29, 0.717) is 5.82 Å². The first-order valence-electron chi connectivity index (χ1n) is 6.70. The molecule has 7 nitrogen and oxygen atoms in total. The van der Waals surface area contributed by atoms with E-state index in [1.165, 1.54) is 17.1 Å². The standard InChI is InChI=1S/C14H11ClFN5O2S/c15-10-4-11(16)6-13(5-10)24(22,23)20-12-7-19-21(8-12)9-14-17-2-1-3-18-14/h1-8,20H,9H2. The molecule has 24 heavy (non-hydrogen) atoms. The summed E-state index contributed by atoms with van der Waals surface area (Å²) in [5.74, 6) is -0.202. The lowest BCUT2D eigenvalue weighted by atomic mass is 10.3. The van der Waals surface area contributed by atoms with Crippen LogP contribution in [0.25, 0.3) is 0 Å². The lowest BCUT2D eigenvalue weighted by Crippen LogP contribution is -2.13. The van der Waals surface area contributed by atoms with Gasteiger partial charge in [-0.1, -0.05) is 11.6 Å². The van der Waals surface area contributed by atoms with E-state index in [1.54, 1.807) is 18.5 Å². The van der Waals surface area contributed by atoms with E-state index in [0.717, 1.165) is 18.2 Å². The number of sulfonamides is 1. The number of nitrogens with one attached hydrogen (secondary N) is 1. The molecule has 0 saturated heterocycles. The molecule has 2 aromatic heterocycles. The van der Waals surface area contributed by atoms with Crippen LogP contribution < -0.4 is 4.72 Å². The molecule has 0 radical (unpaired) electrons. The summed E-state index contributed by atoms with van der Waals surface area (Å²) in [6, 6.07) is 4.76. The summed E-state index contributed by atoms with van der Waals surface area (Å²) < 4.78 is 41.7. The molecule has 0 atom stereocenters. The zero-order chi connectivity index (χ0) is 17.2. The Hall–Kier alpha value is -2.52. The molecule has 1 N–H and O–H groups in total. The van der Waals surface area contributed by atoms with Crippen LogP contribution in [0.15, 0.2) is 53.9 Å². The van der Waals surface area contributed by atoms with Crippen LogP contribution in [0.2, 0.25) is 5.02 Å². The molecule has 0 fully saturated rings. The molecule has 0 spiro atoms. The number of rotatable bonds is 5. The van der Waals surface area contributed by atoms with E-state index in [2.05, 4.69) is 19.8 Å². The third kappa shape index (κ3) is 3.87. The van der Waals surface area contributed by atoms with Gasteiger partial charge in [0.05, 0.1) is 16.8 Å². The predicted molar refractivity (Wildman–Crippen MR) is 85.6 cm³/mol. The van der Waals surface area contributed by atoms with Gasteiger partial charge >= 0.3 is 0 Å². The SMILES string of the molecule is O=S(=O)(Nc1cnn(Cc2ncccn2)c1)c1cc(F)cc(Cl)c1. The highest BCUT2D eigenvalue weighted by Gasteiger charge is 2.17. The summed E-state index contributed by atoms with van der Waals surface area (Å²) in [7, 11) is -3.98. The van der Waals surface area contributed by atoms with Gasteiger partial charge in [-0.25, -0.2) is 22.8 Å². The number of anilines is 1. The summed E-state index contributed by atoms with van der Waals surface area (Å²) in [6.45, 7) is 0.286. The zero-order valence-electron chi connectivity index (χ0n) is 12.1. The second kappa shape index (κ2) is 6.54. The summed E-state index contributed by atoms with van der Waals surface area (Å²) in [5.41, 5.74) is 0.228. The van der Waals surface area contributed by atoms with Gasteiger partial charge in [0.2, 0.25) is 0 Å². The smallest absolute Gasteiger partial charge is 0.262 e. The van der Waals surface area contributed by atoms with Crippen molar-refractivity contribution in [2.45, 2.75) is 11.4 Å². The molecular weight excluding hydrogens is 357 g/mol. The Kier molecular flexibility index (Phi) is 4.45. The van der Waals surface area contributed by atoms with Crippen molar-refractivity contribution in [2.24, 2.45) is 0 Å². The van der Waals surface area contributed by atoms with Crippen molar-refractivity contribution in [1.29, 1.82) is 0 Å². The normalized spacial score (nSPS) is 11.4. The molecule has 0 aliphatic rings. The lowest BCUT2D eigenvalue weighted by Gasteiger charge is -2.06. The Morgan fingerprint density at radius 3 is 2.67 bits per heavy atom. The van der Waals surface area contributed by atoms with Crippen LogP contribution in [0.1, 0.15) is 5.82 Å². The van der Waals surface area contributed by atoms with Gasteiger partial charge in [0.1, 0.15) is 18.2 Å². The topological polar surface area (TPSA) is 89.8 Å². The first-order valence-corrected chi connectivity index (χ1v) is 8.56. The van der Waals surface area contributed by atoms with Gasteiger partial charge in [0.15, 0.2) is 0 Å². The molecule has 0 bridgehead atoms. The van der Waals surface area contributed by atoms with Gasteiger partial charge in [-0.15, -0.1) is 0 Å². The molecule has 3 aromatic rings. The zero-order valence-corrected chi connectivity index (χ0v) is 13.7. The second-order valence-corrected chi connectivity index (χ2v) is 6.92. The van der Waals surface area contributed by atoms with Gasteiger partial charge in [-0.05, 0) is 24.3 Å². The molecular formula is C14H11ClFN5O2S. The van der Waals surface area contributed by atoms with E-state index in [-0.39, 0.29) is 22.2 Å². The van der Waals surface area contributed by atoms with Crippen molar-refractivity contribution >= 4 is 27.3 Å². The van der Waals surface area contributed by atoms with E-state index >= 15 is 0 Å². The first kappa shape index (κ1) is 16.3.